The first-order valence-electron chi connectivity index (χ1n) is 28.3. The molecule has 0 aliphatic rings. The molecule has 12 aromatic rings. The van der Waals surface area contributed by atoms with Crippen LogP contribution in [0.15, 0.2) is 155 Å². The van der Waals surface area contributed by atoms with Crippen LogP contribution in [-0.4, -0.2) is 121 Å². The first-order chi connectivity index (χ1) is 43.9. The van der Waals surface area contributed by atoms with Crippen LogP contribution in [0.4, 0.5) is 21.5 Å². The molecule has 92 heavy (non-hydrogen) atoms. The fourth-order valence-electron chi connectivity index (χ4n) is 10.5. The Morgan fingerprint density at radius 1 is 0.554 bits per heavy atom. The summed E-state index contributed by atoms with van der Waals surface area (Å²) in [5.41, 5.74) is 18.2. The van der Waals surface area contributed by atoms with E-state index in [1.54, 1.807) is 67.6 Å². The van der Waals surface area contributed by atoms with Crippen molar-refractivity contribution in [2.75, 3.05) is 12.9 Å². The SMILES string of the molecule is C.Cc1noc(C)c1-c1cc(N)c2c(c1)n(Cc1ccccc1)c(=O)n2C.Cc1noc(C)c1-c1cc([N+](=O)[O-])c2[nH]c(=O)n(Cc3ccccc3)c2c1.Cc1noc(C)c1-c1cc([N+](=O)[O-])c2c(c1)n(Cc1ccccc1)c(=O)n2C.O=S(=O)=S(=O)=O.[2H]CF.[Na][Na]. The number of aromatic amines is 1. The number of imidazole rings is 3. The molecule has 0 aliphatic heterocycles. The van der Waals surface area contributed by atoms with Crippen molar-refractivity contribution in [1.29, 1.82) is 0 Å². The number of rotatable bonds is 11. The average molecular weight is 1320 g/mol. The first-order valence-corrected chi connectivity index (χ1v) is 38.3. The van der Waals surface area contributed by atoms with Gasteiger partial charge in [0.05, 0.1) is 82.8 Å². The second-order valence-electron chi connectivity index (χ2n) is 20.0. The van der Waals surface area contributed by atoms with Gasteiger partial charge in [-0.05, 0) is 99.2 Å². The monoisotopic (exact) mass is 1320 g/mol. The number of anilines is 1. The summed E-state index contributed by atoms with van der Waals surface area (Å²) in [7, 11) is -3.60. The number of alkyl halides is 1. The zero-order valence-corrected chi connectivity index (χ0v) is 56.5. The van der Waals surface area contributed by atoms with Crippen molar-refractivity contribution < 1.29 is 46.0 Å². The number of hydrogen-bond donors (Lipinski definition) is 2. The third-order valence-corrected chi connectivity index (χ3v) is 15.3. The van der Waals surface area contributed by atoms with E-state index < -0.39 is 41.2 Å². The number of nitrogens with one attached hydrogen (secondary N) is 1. The maximum atomic E-state index is 12.9. The standard InChI is InChI=1S/C20H18N4O4.C20H20N4O2.C19H16N4O4.CH3F.CH4.2Na.O4S2/c1-12-18(13(2)28-21-12)15-9-16-19(17(10-15)24(26)27)22(3)20(25)23(16)11-14-7-5-4-6-8-14;1-12-18(13(2)26-22-12)15-9-16(21)19-17(10-15)24(20(25)23(19)3)11-14-7-5-4-6-8-14;1-11-17(12(2)27-21-11)14-8-15-18(16(9-14)23(25)26)20-19(24)22(15)10-13-6-4-3-5-7-13;1-2;;;;1-5(2)6(3)4/h4-10H,11H2,1-3H3;4-10H,11,21H2,1-3H3;3-9H,10H2,1-2H3,(H,20,24);1H3;1H4;;;/i;;;1D;;;;. The number of fused-ring (bicyclic) bond motifs is 3. The summed E-state index contributed by atoms with van der Waals surface area (Å²) >= 11 is 2.89. The number of benzene rings is 6. The normalized spacial score (nSPS) is 10.7. The molecule has 0 aliphatic carbocycles. The van der Waals surface area contributed by atoms with Gasteiger partial charge in [-0.2, -0.15) is 16.8 Å². The van der Waals surface area contributed by atoms with E-state index in [1.807, 2.05) is 117 Å². The summed E-state index contributed by atoms with van der Waals surface area (Å²) < 4.78 is 75.3. The number of halogens is 1. The molecule has 31 heteroatoms. The summed E-state index contributed by atoms with van der Waals surface area (Å²) in [6, 6.07) is 39.2. The van der Waals surface area contributed by atoms with E-state index in [4.69, 9.17) is 37.5 Å². The molecule has 0 unspecified atom stereocenters. The molecule has 6 aromatic heterocycles. The number of H-pyrrole nitrogens is 1. The summed E-state index contributed by atoms with van der Waals surface area (Å²) in [6.07, 6.45) is 0. The predicted molar refractivity (Wildman–Crippen MR) is 349 cm³/mol. The van der Waals surface area contributed by atoms with Crippen molar-refractivity contribution >= 4 is 112 Å². The van der Waals surface area contributed by atoms with Gasteiger partial charge in [-0.3, -0.25) is 52.4 Å². The number of nitrogens with zero attached hydrogens (tertiary/aromatic N) is 10. The van der Waals surface area contributed by atoms with Gasteiger partial charge in [-0.1, -0.05) is 114 Å². The molecular formula is C61H61FN12Na2O14S2. The molecule has 0 atom stereocenters. The third-order valence-electron chi connectivity index (χ3n) is 14.4. The van der Waals surface area contributed by atoms with Gasteiger partial charge in [0.15, 0.2) is 0 Å². The molecule has 0 fully saturated rings. The van der Waals surface area contributed by atoms with E-state index in [0.29, 0.717) is 87.0 Å². The van der Waals surface area contributed by atoms with Gasteiger partial charge in [-0.15, -0.1) is 0 Å². The fourth-order valence-corrected chi connectivity index (χ4v) is 10.5. The summed E-state index contributed by atoms with van der Waals surface area (Å²) in [5.74, 6) is 1.86. The van der Waals surface area contributed by atoms with Crippen LogP contribution in [0.2, 0.25) is 0 Å². The number of aryl methyl sites for hydroxylation is 8. The Balaban J connectivity index is 0.000000204. The Morgan fingerprint density at radius 3 is 1.23 bits per heavy atom. The van der Waals surface area contributed by atoms with E-state index in [0.717, 1.165) is 50.3 Å². The summed E-state index contributed by atoms with van der Waals surface area (Å²) in [4.78, 5) is 63.3. The Labute approximate surface area is 556 Å². The third kappa shape index (κ3) is 15.6. The minimum absolute atomic E-state index is 0. The number of nitro groups is 2. The second kappa shape index (κ2) is 31.8. The number of nitro benzene ring substituents is 2. The van der Waals surface area contributed by atoms with Crippen LogP contribution in [0.3, 0.4) is 0 Å². The topological polar surface area (TPSA) is 350 Å². The van der Waals surface area contributed by atoms with E-state index in [2.05, 4.69) is 20.5 Å². The molecule has 6 aromatic carbocycles. The Kier molecular flexibility index (Phi) is 24.3. The average Bonchev–Trinajstić information content (AvgIpc) is 1.63. The second-order valence-corrected chi connectivity index (χ2v) is 22.5. The minimum atomic E-state index is -2.95. The van der Waals surface area contributed by atoms with Crippen LogP contribution >= 0.6 is 0 Å². The van der Waals surface area contributed by atoms with E-state index in [9.17, 15) is 39.0 Å². The number of non-ortho nitro benzene ring substituents is 2. The molecule has 0 saturated carbocycles. The zero-order chi connectivity index (χ0) is 67.4. The zero-order valence-electron chi connectivity index (χ0n) is 51.9. The van der Waals surface area contributed by atoms with Gasteiger partial charge in [0.25, 0.3) is 11.4 Å². The molecule has 0 bridgehead atoms. The molecule has 12 rings (SSSR count). The predicted octanol–water partition coefficient (Wildman–Crippen LogP) is 9.49. The molecular weight excluding hydrogens is 1250 g/mol. The van der Waals surface area contributed by atoms with E-state index >= 15 is 0 Å². The Hall–Kier alpha value is -9.07. The quantitative estimate of drug-likeness (QED) is 0.0526. The van der Waals surface area contributed by atoms with Gasteiger partial charge >= 0.3 is 79.2 Å². The van der Waals surface area contributed by atoms with Crippen molar-refractivity contribution in [3.05, 3.63) is 230 Å². The van der Waals surface area contributed by atoms with Crippen LogP contribution in [-0.2, 0) is 52.3 Å². The number of aromatic nitrogens is 9. The van der Waals surface area contributed by atoms with Gasteiger partial charge in [0, 0.05) is 42.9 Å². The molecule has 0 saturated heterocycles. The van der Waals surface area contributed by atoms with Gasteiger partial charge in [-0.25, -0.2) is 14.4 Å². The van der Waals surface area contributed by atoms with Crippen LogP contribution in [0.1, 0.15) is 59.9 Å². The summed E-state index contributed by atoms with van der Waals surface area (Å²) in [6.45, 7) is 11.9. The van der Waals surface area contributed by atoms with Crippen LogP contribution in [0, 0.1) is 61.8 Å². The number of hydrogen-bond acceptors (Lipinski definition) is 18. The molecule has 470 valence electrons. The van der Waals surface area contributed by atoms with E-state index in [-0.39, 0.29) is 35.7 Å². The molecule has 0 amide bonds. The van der Waals surface area contributed by atoms with Crippen LogP contribution in [0.25, 0.3) is 66.5 Å². The van der Waals surface area contributed by atoms with Gasteiger partial charge < -0.3 is 19.3 Å². The Bertz CT molecular complexity index is 5050. The molecule has 26 nitrogen and oxygen atoms in total. The van der Waals surface area contributed by atoms with Crippen molar-refractivity contribution in [2.45, 2.75) is 68.6 Å². The van der Waals surface area contributed by atoms with Crippen molar-refractivity contribution in [3.63, 3.8) is 0 Å². The molecule has 6 heterocycles. The van der Waals surface area contributed by atoms with Crippen molar-refractivity contribution in [3.8, 4) is 33.4 Å². The molecule has 0 spiro atoms. The number of nitrogens with two attached hydrogens (primary N) is 1. The van der Waals surface area contributed by atoms with Crippen LogP contribution < -0.4 is 22.8 Å². The maximum absolute atomic E-state index is 12.9. The Morgan fingerprint density at radius 2 is 0.880 bits per heavy atom. The van der Waals surface area contributed by atoms with Gasteiger partial charge in [0.2, 0.25) is 0 Å². The van der Waals surface area contributed by atoms with Gasteiger partial charge in [0.1, 0.15) is 28.3 Å². The molecule has 0 radical (unpaired) electrons. The van der Waals surface area contributed by atoms with Crippen molar-refractivity contribution in [1.82, 2.24) is 43.3 Å². The molecule has 3 N–H and O–H groups in total. The van der Waals surface area contributed by atoms with Crippen molar-refractivity contribution in [2.24, 2.45) is 14.1 Å². The van der Waals surface area contributed by atoms with E-state index in [1.165, 1.54) is 64.9 Å². The number of nitrogen functional groups attached to an aromatic ring is 1. The summed E-state index contributed by atoms with van der Waals surface area (Å²) in [5, 5.41) is 35.3. The fraction of sp³-hybridized carbons (Fsp3) is 0.213. The first kappa shape index (κ1) is 70.4. The van der Waals surface area contributed by atoms with Crippen LogP contribution in [0.5, 0.6) is 0 Å².